The maximum Gasteiger partial charge on any atom is 0.348 e. The molecule has 0 unspecified atom stereocenters. The molecule has 8 nitrogen and oxygen atoms in total. The number of hydrogen-bond donors (Lipinski definition) is 1. The molecule has 1 aliphatic rings. The third kappa shape index (κ3) is 4.50. The smallest absolute Gasteiger partial charge is 0.348 e. The molecule has 0 saturated carbocycles. The topological polar surface area (TPSA) is 108 Å². The van der Waals surface area contributed by atoms with Crippen LogP contribution in [0.25, 0.3) is 6.08 Å². The van der Waals surface area contributed by atoms with Gasteiger partial charge in [0.25, 0.3) is 5.79 Å². The number of carbonyl (C=O) groups is 3. The molecule has 1 saturated heterocycles. The van der Waals surface area contributed by atoms with Crippen molar-refractivity contribution in [3.63, 3.8) is 0 Å². The molecule has 0 aromatic heterocycles. The van der Waals surface area contributed by atoms with Crippen LogP contribution in [0, 0.1) is 0 Å². The number of aliphatic carboxylic acids is 1. The highest BCUT2D eigenvalue weighted by Gasteiger charge is 2.39. The Bertz CT molecular complexity index is 710. The lowest BCUT2D eigenvalue weighted by Crippen LogP contribution is -2.41. The van der Waals surface area contributed by atoms with E-state index in [1.165, 1.54) is 19.9 Å². The Balaban J connectivity index is 2.43. The Morgan fingerprint density at radius 2 is 1.84 bits per heavy atom. The summed E-state index contributed by atoms with van der Waals surface area (Å²) in [5.74, 6) is -3.82. The van der Waals surface area contributed by atoms with Crippen molar-refractivity contribution < 1.29 is 38.4 Å². The van der Waals surface area contributed by atoms with Gasteiger partial charge in [0.2, 0.25) is 0 Å². The zero-order valence-corrected chi connectivity index (χ0v) is 14.0. The van der Waals surface area contributed by atoms with Crippen molar-refractivity contribution in [2.24, 2.45) is 0 Å². The van der Waals surface area contributed by atoms with Crippen LogP contribution in [0.4, 0.5) is 0 Å². The van der Waals surface area contributed by atoms with E-state index in [0.29, 0.717) is 6.61 Å². The number of carboxylic acid groups (broad SMARTS) is 1. The van der Waals surface area contributed by atoms with E-state index in [4.69, 9.17) is 24.1 Å². The minimum atomic E-state index is -1.35. The van der Waals surface area contributed by atoms with Gasteiger partial charge in [-0.15, -0.1) is 0 Å². The number of carboxylic acids is 1. The van der Waals surface area contributed by atoms with E-state index in [2.05, 4.69) is 0 Å². The summed E-state index contributed by atoms with van der Waals surface area (Å²) in [5.41, 5.74) is -0.0380. The number of hydrogen-bond acceptors (Lipinski definition) is 7. The van der Waals surface area contributed by atoms with E-state index in [-0.39, 0.29) is 22.6 Å². The van der Waals surface area contributed by atoms with Crippen LogP contribution >= 0.6 is 0 Å². The molecule has 1 aromatic rings. The van der Waals surface area contributed by atoms with Gasteiger partial charge in [0, 0.05) is 19.4 Å². The van der Waals surface area contributed by atoms with Gasteiger partial charge < -0.3 is 24.1 Å². The summed E-state index contributed by atoms with van der Waals surface area (Å²) in [4.78, 5) is 34.9. The highest BCUT2D eigenvalue weighted by Crippen LogP contribution is 2.34. The van der Waals surface area contributed by atoms with Gasteiger partial charge in [-0.1, -0.05) is 12.1 Å². The summed E-state index contributed by atoms with van der Waals surface area (Å²) in [7, 11) is 0. The number of para-hydroxylation sites is 1. The molecular weight excluding hydrogens is 332 g/mol. The average molecular weight is 350 g/mol. The minimum absolute atomic E-state index is 0.102. The van der Waals surface area contributed by atoms with Crippen molar-refractivity contribution in [3.8, 4) is 11.5 Å². The lowest BCUT2D eigenvalue weighted by molar-refractivity contribution is -0.222. The van der Waals surface area contributed by atoms with Crippen LogP contribution in [-0.4, -0.2) is 42.0 Å². The largest absolute Gasteiger partial charge is 0.490 e. The molecule has 0 bridgehead atoms. The summed E-state index contributed by atoms with van der Waals surface area (Å²) in [5, 5.41) is 8.82. The number of cyclic esters (lactones) is 2. The Morgan fingerprint density at radius 3 is 2.40 bits per heavy atom. The molecule has 8 heteroatoms. The number of esters is 2. The third-order valence-electron chi connectivity index (χ3n) is 3.07. The molecule has 2 rings (SSSR count). The van der Waals surface area contributed by atoms with Crippen LogP contribution in [0.5, 0.6) is 11.5 Å². The first kappa shape index (κ1) is 18.3. The standard InChI is InChI=1S/C17H18O8/c1-4-22-12-7-5-6-10(14(12)23-9-13(18)19)8-11-15(20)24-17(2,3)25-16(11)21/h5-8H,4,9H2,1-3H3,(H,18,19). The minimum Gasteiger partial charge on any atom is -0.490 e. The van der Waals surface area contributed by atoms with E-state index in [1.54, 1.807) is 25.1 Å². The first-order chi connectivity index (χ1) is 11.7. The fourth-order valence-electron chi connectivity index (χ4n) is 2.14. The highest BCUT2D eigenvalue weighted by molar-refractivity contribution is 6.19. The zero-order chi connectivity index (χ0) is 18.6. The Hall–Kier alpha value is -3.03. The molecule has 0 aliphatic carbocycles. The lowest BCUT2D eigenvalue weighted by Gasteiger charge is -2.29. The van der Waals surface area contributed by atoms with Crippen molar-refractivity contribution in [2.75, 3.05) is 13.2 Å². The normalized spacial score (nSPS) is 15.9. The van der Waals surface area contributed by atoms with Crippen LogP contribution in [-0.2, 0) is 23.9 Å². The highest BCUT2D eigenvalue weighted by atomic mass is 16.7. The predicted molar refractivity (Wildman–Crippen MR) is 85.0 cm³/mol. The van der Waals surface area contributed by atoms with Gasteiger partial charge in [0.1, 0.15) is 5.57 Å². The Labute approximate surface area is 143 Å². The van der Waals surface area contributed by atoms with E-state index in [9.17, 15) is 14.4 Å². The van der Waals surface area contributed by atoms with E-state index >= 15 is 0 Å². The summed E-state index contributed by atoms with van der Waals surface area (Å²) < 4.78 is 20.7. The summed E-state index contributed by atoms with van der Waals surface area (Å²) in [6.45, 7) is 4.35. The van der Waals surface area contributed by atoms with Crippen molar-refractivity contribution >= 4 is 24.0 Å². The molecule has 0 amide bonds. The average Bonchev–Trinajstić information content (AvgIpc) is 2.49. The van der Waals surface area contributed by atoms with Gasteiger partial charge in [0.05, 0.1) is 6.61 Å². The fraction of sp³-hybridized carbons (Fsp3) is 0.353. The van der Waals surface area contributed by atoms with Crippen LogP contribution in [0.3, 0.4) is 0 Å². The number of ether oxygens (including phenoxy) is 4. The Morgan fingerprint density at radius 1 is 1.20 bits per heavy atom. The lowest BCUT2D eigenvalue weighted by atomic mass is 10.1. The molecule has 1 fully saturated rings. The van der Waals surface area contributed by atoms with E-state index in [1.807, 2.05) is 0 Å². The van der Waals surface area contributed by atoms with Crippen molar-refractivity contribution in [1.29, 1.82) is 0 Å². The molecule has 0 atom stereocenters. The molecule has 25 heavy (non-hydrogen) atoms. The molecule has 1 heterocycles. The molecular formula is C17H18O8. The second-order valence-corrected chi connectivity index (χ2v) is 5.53. The Kier molecular flexibility index (Phi) is 5.31. The van der Waals surface area contributed by atoms with E-state index in [0.717, 1.165) is 0 Å². The van der Waals surface area contributed by atoms with E-state index < -0.39 is 30.3 Å². The van der Waals surface area contributed by atoms with Crippen molar-refractivity contribution in [2.45, 2.75) is 26.6 Å². The van der Waals surface area contributed by atoms with Gasteiger partial charge in [-0.25, -0.2) is 14.4 Å². The van der Waals surface area contributed by atoms with Crippen LogP contribution in [0.2, 0.25) is 0 Å². The first-order valence-electron chi connectivity index (χ1n) is 7.52. The second kappa shape index (κ2) is 7.25. The van der Waals surface area contributed by atoms with Gasteiger partial charge in [-0.05, 0) is 19.1 Å². The van der Waals surface area contributed by atoms with Gasteiger partial charge >= 0.3 is 17.9 Å². The zero-order valence-electron chi connectivity index (χ0n) is 14.0. The SMILES string of the molecule is CCOc1cccc(C=C2C(=O)OC(C)(C)OC2=O)c1OCC(=O)O. The fourth-order valence-corrected chi connectivity index (χ4v) is 2.14. The van der Waals surface area contributed by atoms with Crippen LogP contribution in [0.15, 0.2) is 23.8 Å². The number of benzene rings is 1. The number of rotatable bonds is 6. The maximum atomic E-state index is 12.1. The van der Waals surface area contributed by atoms with Gasteiger partial charge in [-0.2, -0.15) is 0 Å². The molecule has 134 valence electrons. The van der Waals surface area contributed by atoms with Crippen molar-refractivity contribution in [3.05, 3.63) is 29.3 Å². The third-order valence-corrected chi connectivity index (χ3v) is 3.07. The second-order valence-electron chi connectivity index (χ2n) is 5.53. The van der Waals surface area contributed by atoms with Gasteiger partial charge in [0.15, 0.2) is 18.1 Å². The summed E-state index contributed by atoms with van der Waals surface area (Å²) >= 11 is 0. The number of carbonyl (C=O) groups excluding carboxylic acids is 2. The summed E-state index contributed by atoms with van der Waals surface area (Å²) in [6, 6.07) is 4.75. The van der Waals surface area contributed by atoms with Crippen LogP contribution in [0.1, 0.15) is 26.3 Å². The first-order valence-corrected chi connectivity index (χ1v) is 7.52. The van der Waals surface area contributed by atoms with Gasteiger partial charge in [-0.3, -0.25) is 0 Å². The molecule has 0 radical (unpaired) electrons. The predicted octanol–water partition coefficient (Wildman–Crippen LogP) is 1.77. The summed E-state index contributed by atoms with van der Waals surface area (Å²) in [6.07, 6.45) is 1.22. The maximum absolute atomic E-state index is 12.1. The monoisotopic (exact) mass is 350 g/mol. The quantitative estimate of drug-likeness (QED) is 0.470. The molecule has 1 aromatic carbocycles. The van der Waals surface area contributed by atoms with Crippen LogP contribution < -0.4 is 9.47 Å². The molecule has 1 N–H and O–H groups in total. The molecule has 0 spiro atoms. The molecule has 1 aliphatic heterocycles. The van der Waals surface area contributed by atoms with Crippen molar-refractivity contribution in [1.82, 2.24) is 0 Å².